The predicted molar refractivity (Wildman–Crippen MR) is 92.7 cm³/mol. The third-order valence-corrected chi connectivity index (χ3v) is 4.29. The minimum atomic E-state index is -0.589. The van der Waals surface area contributed by atoms with Crippen LogP contribution in [-0.2, 0) is 17.8 Å². The van der Waals surface area contributed by atoms with E-state index < -0.39 is 11.6 Å². The van der Waals surface area contributed by atoms with Crippen molar-refractivity contribution in [2.24, 2.45) is 0 Å². The summed E-state index contributed by atoms with van der Waals surface area (Å²) in [6.45, 7) is 4.95. The van der Waals surface area contributed by atoms with Gasteiger partial charge in [0.05, 0.1) is 13.2 Å². The Hall–Kier alpha value is -1.98. The summed E-state index contributed by atoms with van der Waals surface area (Å²) in [5.41, 5.74) is 1.74. The summed E-state index contributed by atoms with van der Waals surface area (Å²) in [4.78, 5) is 2.43. The van der Waals surface area contributed by atoms with Crippen molar-refractivity contribution in [2.75, 3.05) is 32.8 Å². The van der Waals surface area contributed by atoms with E-state index >= 15 is 0 Å². The summed E-state index contributed by atoms with van der Waals surface area (Å²) in [5, 5.41) is 0. The Morgan fingerprint density at radius 2 is 1.60 bits per heavy atom. The molecule has 3 nitrogen and oxygen atoms in total. The van der Waals surface area contributed by atoms with Gasteiger partial charge in [-0.2, -0.15) is 0 Å². The molecule has 0 N–H and O–H groups in total. The van der Waals surface area contributed by atoms with E-state index in [4.69, 9.17) is 9.47 Å². The van der Waals surface area contributed by atoms with Gasteiger partial charge in [0.2, 0.25) is 0 Å². The van der Waals surface area contributed by atoms with Crippen molar-refractivity contribution >= 4 is 0 Å². The highest BCUT2D eigenvalue weighted by Crippen LogP contribution is 2.16. The van der Waals surface area contributed by atoms with Crippen LogP contribution >= 0.6 is 0 Å². The molecule has 1 aliphatic rings. The van der Waals surface area contributed by atoms with Crippen molar-refractivity contribution in [2.45, 2.75) is 19.4 Å². The lowest BCUT2D eigenvalue weighted by Crippen LogP contribution is -2.36. The van der Waals surface area contributed by atoms with Crippen LogP contribution in [0.4, 0.5) is 8.78 Å². The van der Waals surface area contributed by atoms with E-state index in [2.05, 4.69) is 4.90 Å². The van der Waals surface area contributed by atoms with Gasteiger partial charge in [-0.05, 0) is 54.8 Å². The van der Waals surface area contributed by atoms with Crippen LogP contribution in [0.3, 0.4) is 0 Å². The lowest BCUT2D eigenvalue weighted by atomic mass is 10.1. The molecule has 0 unspecified atom stereocenters. The number of morpholine rings is 1. The Bertz CT molecular complexity index is 650. The van der Waals surface area contributed by atoms with Gasteiger partial charge in [0.25, 0.3) is 0 Å². The molecule has 1 heterocycles. The second-order valence-corrected chi connectivity index (χ2v) is 6.27. The summed E-state index contributed by atoms with van der Waals surface area (Å²) in [6, 6.07) is 11.3. The number of hydrogen-bond acceptors (Lipinski definition) is 3. The minimum absolute atomic E-state index is 0.144. The zero-order chi connectivity index (χ0) is 17.5. The molecular formula is C20H23F2NO2. The number of rotatable bonds is 7. The fourth-order valence-electron chi connectivity index (χ4n) is 2.94. The van der Waals surface area contributed by atoms with Gasteiger partial charge < -0.3 is 9.47 Å². The largest absolute Gasteiger partial charge is 0.489 e. The van der Waals surface area contributed by atoms with E-state index in [0.29, 0.717) is 11.3 Å². The fourth-order valence-corrected chi connectivity index (χ4v) is 2.94. The molecule has 134 valence electrons. The van der Waals surface area contributed by atoms with E-state index in [1.165, 1.54) is 17.7 Å². The molecule has 2 aromatic carbocycles. The maximum Gasteiger partial charge on any atom is 0.126 e. The molecule has 0 atom stereocenters. The van der Waals surface area contributed by atoms with Crippen molar-refractivity contribution in [3.8, 4) is 5.75 Å². The summed E-state index contributed by atoms with van der Waals surface area (Å²) >= 11 is 0. The third kappa shape index (κ3) is 5.80. The van der Waals surface area contributed by atoms with Crippen LogP contribution in [-0.4, -0.2) is 37.7 Å². The van der Waals surface area contributed by atoms with Crippen molar-refractivity contribution in [1.82, 2.24) is 4.90 Å². The molecule has 0 aromatic heterocycles. The van der Waals surface area contributed by atoms with E-state index in [-0.39, 0.29) is 6.61 Å². The average molecular weight is 347 g/mol. The SMILES string of the molecule is Fc1cc(F)cc(COc2ccc(CCCN3CCOCC3)cc2)c1. The molecule has 1 aliphatic heterocycles. The van der Waals surface area contributed by atoms with Crippen LogP contribution in [0.1, 0.15) is 17.5 Å². The maximum absolute atomic E-state index is 13.2. The van der Waals surface area contributed by atoms with E-state index in [9.17, 15) is 8.78 Å². The number of aryl methyl sites for hydroxylation is 1. The standard InChI is InChI=1S/C20H23F2NO2/c21-18-12-17(13-19(22)14-18)15-25-20-5-3-16(4-6-20)2-1-7-23-8-10-24-11-9-23/h3-6,12-14H,1-2,7-11,15H2. The highest BCUT2D eigenvalue weighted by atomic mass is 19.1. The Morgan fingerprint density at radius 3 is 2.28 bits per heavy atom. The van der Waals surface area contributed by atoms with Gasteiger partial charge in [-0.15, -0.1) is 0 Å². The molecule has 0 aliphatic carbocycles. The van der Waals surface area contributed by atoms with Crippen LogP contribution < -0.4 is 4.74 Å². The number of hydrogen-bond donors (Lipinski definition) is 0. The first-order chi connectivity index (χ1) is 12.2. The number of benzene rings is 2. The first-order valence-corrected chi connectivity index (χ1v) is 8.66. The third-order valence-electron chi connectivity index (χ3n) is 4.29. The summed E-state index contributed by atoms with van der Waals surface area (Å²) in [6.07, 6.45) is 2.13. The molecular weight excluding hydrogens is 324 g/mol. The molecule has 0 spiro atoms. The van der Waals surface area contributed by atoms with Gasteiger partial charge in [-0.25, -0.2) is 8.78 Å². The summed E-state index contributed by atoms with van der Waals surface area (Å²) < 4.78 is 37.3. The molecule has 0 saturated carbocycles. The van der Waals surface area contributed by atoms with Crippen LogP contribution in [0.5, 0.6) is 5.75 Å². The van der Waals surface area contributed by atoms with Gasteiger partial charge in [0, 0.05) is 19.2 Å². The smallest absolute Gasteiger partial charge is 0.126 e. The quantitative estimate of drug-likeness (QED) is 0.760. The van der Waals surface area contributed by atoms with E-state index in [1.807, 2.05) is 24.3 Å². The fraction of sp³-hybridized carbons (Fsp3) is 0.400. The molecule has 5 heteroatoms. The minimum Gasteiger partial charge on any atom is -0.489 e. The number of nitrogens with zero attached hydrogens (tertiary/aromatic N) is 1. The monoisotopic (exact) mass is 347 g/mol. The van der Waals surface area contributed by atoms with Gasteiger partial charge in [-0.1, -0.05) is 12.1 Å². The molecule has 2 aromatic rings. The molecule has 1 fully saturated rings. The molecule has 3 rings (SSSR count). The maximum atomic E-state index is 13.2. The van der Waals surface area contributed by atoms with Gasteiger partial charge >= 0.3 is 0 Å². The molecule has 0 radical (unpaired) electrons. The first-order valence-electron chi connectivity index (χ1n) is 8.66. The molecule has 0 amide bonds. The van der Waals surface area contributed by atoms with Crippen molar-refractivity contribution < 1.29 is 18.3 Å². The van der Waals surface area contributed by atoms with Gasteiger partial charge in [-0.3, -0.25) is 4.90 Å². The van der Waals surface area contributed by atoms with Gasteiger partial charge in [0.15, 0.2) is 0 Å². The Morgan fingerprint density at radius 1 is 0.920 bits per heavy atom. The number of ether oxygens (including phenoxy) is 2. The van der Waals surface area contributed by atoms with Crippen molar-refractivity contribution in [1.29, 1.82) is 0 Å². The van der Waals surface area contributed by atoms with Crippen LogP contribution in [0.15, 0.2) is 42.5 Å². The van der Waals surface area contributed by atoms with Crippen molar-refractivity contribution in [3.05, 3.63) is 65.2 Å². The number of halogens is 2. The second kappa shape index (κ2) is 8.92. The van der Waals surface area contributed by atoms with Crippen LogP contribution in [0.2, 0.25) is 0 Å². The second-order valence-electron chi connectivity index (χ2n) is 6.27. The molecule has 0 bridgehead atoms. The lowest BCUT2D eigenvalue weighted by molar-refractivity contribution is 0.0374. The predicted octanol–water partition coefficient (Wildman–Crippen LogP) is 3.81. The highest BCUT2D eigenvalue weighted by molar-refractivity contribution is 5.28. The zero-order valence-corrected chi connectivity index (χ0v) is 14.2. The van der Waals surface area contributed by atoms with Crippen LogP contribution in [0, 0.1) is 11.6 Å². The topological polar surface area (TPSA) is 21.7 Å². The van der Waals surface area contributed by atoms with Crippen molar-refractivity contribution in [3.63, 3.8) is 0 Å². The van der Waals surface area contributed by atoms with E-state index in [1.54, 1.807) is 0 Å². The molecule has 25 heavy (non-hydrogen) atoms. The summed E-state index contributed by atoms with van der Waals surface area (Å²) in [5.74, 6) is -0.481. The normalized spacial score (nSPS) is 15.3. The van der Waals surface area contributed by atoms with Gasteiger partial charge in [0.1, 0.15) is 24.0 Å². The van der Waals surface area contributed by atoms with Crippen LogP contribution in [0.25, 0.3) is 0 Å². The summed E-state index contributed by atoms with van der Waals surface area (Å²) in [7, 11) is 0. The Kier molecular flexibility index (Phi) is 6.36. The lowest BCUT2D eigenvalue weighted by Gasteiger charge is -2.26. The first kappa shape index (κ1) is 17.8. The zero-order valence-electron chi connectivity index (χ0n) is 14.2. The molecule has 1 saturated heterocycles. The Labute approximate surface area is 147 Å². The van der Waals surface area contributed by atoms with E-state index in [0.717, 1.165) is 51.8 Å². The average Bonchev–Trinajstić information content (AvgIpc) is 2.61. The highest BCUT2D eigenvalue weighted by Gasteiger charge is 2.09. The Balaban J connectivity index is 1.43.